The highest BCUT2D eigenvalue weighted by atomic mass is 32.2. The summed E-state index contributed by atoms with van der Waals surface area (Å²) < 4.78 is 26.2. The van der Waals surface area contributed by atoms with Crippen molar-refractivity contribution in [3.63, 3.8) is 0 Å². The molecular formula is C11H16N2O5S. The van der Waals surface area contributed by atoms with Gasteiger partial charge in [0.25, 0.3) is 5.69 Å². The Morgan fingerprint density at radius 3 is 2.63 bits per heavy atom. The molecule has 1 aromatic carbocycles. The van der Waals surface area contributed by atoms with E-state index < -0.39 is 21.1 Å². The molecule has 19 heavy (non-hydrogen) atoms. The van der Waals surface area contributed by atoms with Gasteiger partial charge in [-0.2, -0.15) is 0 Å². The van der Waals surface area contributed by atoms with E-state index in [-0.39, 0.29) is 17.1 Å². The van der Waals surface area contributed by atoms with Crippen LogP contribution in [0, 0.1) is 17.0 Å². The lowest BCUT2D eigenvalue weighted by atomic mass is 10.2. The fraction of sp³-hybridized carbons (Fsp3) is 0.455. The lowest BCUT2D eigenvalue weighted by Gasteiger charge is -2.11. The van der Waals surface area contributed by atoms with Crippen LogP contribution in [0.1, 0.15) is 18.9 Å². The molecule has 106 valence electrons. The Labute approximate surface area is 111 Å². The SMILES string of the molecule is CCC(O)CNS(=O)(=O)c1cc([N+](=O)[O-])ccc1C. The molecule has 0 spiro atoms. The molecule has 0 radical (unpaired) electrons. The van der Waals surface area contributed by atoms with Crippen molar-refractivity contribution in [1.82, 2.24) is 4.72 Å². The second kappa shape index (κ2) is 6.09. The van der Waals surface area contributed by atoms with Gasteiger partial charge in [0.1, 0.15) is 0 Å². The number of hydrogen-bond acceptors (Lipinski definition) is 5. The van der Waals surface area contributed by atoms with Gasteiger partial charge in [0.15, 0.2) is 0 Å². The maximum atomic E-state index is 12.0. The van der Waals surface area contributed by atoms with E-state index in [1.165, 1.54) is 12.1 Å². The molecular weight excluding hydrogens is 272 g/mol. The van der Waals surface area contributed by atoms with Crippen LogP contribution in [0.4, 0.5) is 5.69 Å². The average Bonchev–Trinajstić information content (AvgIpc) is 2.36. The normalized spacial score (nSPS) is 13.2. The van der Waals surface area contributed by atoms with Crippen LogP contribution in [-0.4, -0.2) is 31.1 Å². The van der Waals surface area contributed by atoms with Gasteiger partial charge in [0, 0.05) is 18.7 Å². The van der Waals surface area contributed by atoms with Crippen molar-refractivity contribution in [2.24, 2.45) is 0 Å². The van der Waals surface area contributed by atoms with Gasteiger partial charge >= 0.3 is 0 Å². The fourth-order valence-electron chi connectivity index (χ4n) is 1.42. The third kappa shape index (κ3) is 3.98. The molecule has 2 N–H and O–H groups in total. The predicted molar refractivity (Wildman–Crippen MR) is 69.3 cm³/mol. The highest BCUT2D eigenvalue weighted by molar-refractivity contribution is 7.89. The van der Waals surface area contributed by atoms with Crippen LogP contribution in [-0.2, 0) is 10.0 Å². The Hall–Kier alpha value is -1.51. The Balaban J connectivity index is 3.06. The number of aliphatic hydroxyl groups is 1. The van der Waals surface area contributed by atoms with E-state index in [0.29, 0.717) is 12.0 Å². The molecule has 0 amide bonds. The van der Waals surface area contributed by atoms with E-state index >= 15 is 0 Å². The molecule has 0 heterocycles. The smallest absolute Gasteiger partial charge is 0.270 e. The van der Waals surface area contributed by atoms with Crippen LogP contribution >= 0.6 is 0 Å². The Morgan fingerprint density at radius 2 is 2.11 bits per heavy atom. The molecule has 1 aromatic rings. The van der Waals surface area contributed by atoms with Gasteiger partial charge in [-0.05, 0) is 18.9 Å². The van der Waals surface area contributed by atoms with Gasteiger partial charge in [0.2, 0.25) is 10.0 Å². The first kappa shape index (κ1) is 15.5. The second-order valence-corrected chi connectivity index (χ2v) is 5.86. The van der Waals surface area contributed by atoms with Crippen LogP contribution in [0.2, 0.25) is 0 Å². The van der Waals surface area contributed by atoms with Gasteiger partial charge in [-0.25, -0.2) is 13.1 Å². The third-order valence-corrected chi connectivity index (χ3v) is 4.22. The number of nitro groups is 1. The van der Waals surface area contributed by atoms with Gasteiger partial charge in [-0.1, -0.05) is 13.0 Å². The van der Waals surface area contributed by atoms with Gasteiger partial charge in [-0.15, -0.1) is 0 Å². The maximum Gasteiger partial charge on any atom is 0.270 e. The standard InChI is InChI=1S/C11H16N2O5S/c1-3-10(14)7-12-19(17,18)11-6-9(13(15)16)5-4-8(11)2/h4-6,10,12,14H,3,7H2,1-2H3. The van der Waals surface area contributed by atoms with Crippen LogP contribution in [0.25, 0.3) is 0 Å². The highest BCUT2D eigenvalue weighted by Crippen LogP contribution is 2.21. The summed E-state index contributed by atoms with van der Waals surface area (Å²) in [4.78, 5) is 9.85. The van der Waals surface area contributed by atoms with Crippen molar-refractivity contribution in [2.45, 2.75) is 31.3 Å². The van der Waals surface area contributed by atoms with Crippen LogP contribution in [0.15, 0.2) is 23.1 Å². The zero-order valence-corrected chi connectivity index (χ0v) is 11.5. The highest BCUT2D eigenvalue weighted by Gasteiger charge is 2.20. The van der Waals surface area contributed by atoms with Crippen molar-refractivity contribution in [3.05, 3.63) is 33.9 Å². The number of aryl methyl sites for hydroxylation is 1. The first-order chi connectivity index (χ1) is 8.77. The molecule has 0 aliphatic rings. The number of hydrogen-bond donors (Lipinski definition) is 2. The molecule has 0 fully saturated rings. The lowest BCUT2D eigenvalue weighted by Crippen LogP contribution is -2.32. The number of nitrogens with one attached hydrogen (secondary N) is 1. The van der Waals surface area contributed by atoms with E-state index in [1.807, 2.05) is 0 Å². The van der Waals surface area contributed by atoms with Gasteiger partial charge in [0.05, 0.1) is 15.9 Å². The maximum absolute atomic E-state index is 12.0. The van der Waals surface area contributed by atoms with Crippen molar-refractivity contribution < 1.29 is 18.4 Å². The lowest BCUT2D eigenvalue weighted by molar-refractivity contribution is -0.385. The molecule has 1 unspecified atom stereocenters. The zero-order valence-electron chi connectivity index (χ0n) is 10.7. The third-order valence-electron chi connectivity index (χ3n) is 2.65. The summed E-state index contributed by atoms with van der Waals surface area (Å²) in [6, 6.07) is 3.63. The predicted octanol–water partition coefficient (Wildman–Crippen LogP) is 0.952. The molecule has 1 rings (SSSR count). The molecule has 0 aliphatic heterocycles. The number of non-ortho nitro benzene ring substituents is 1. The summed E-state index contributed by atoms with van der Waals surface area (Å²) >= 11 is 0. The minimum Gasteiger partial charge on any atom is -0.392 e. The van der Waals surface area contributed by atoms with E-state index in [9.17, 15) is 23.6 Å². The van der Waals surface area contributed by atoms with E-state index in [1.54, 1.807) is 13.8 Å². The first-order valence-corrected chi connectivity index (χ1v) is 7.19. The Bertz CT molecular complexity index is 570. The number of nitrogens with zero attached hydrogens (tertiary/aromatic N) is 1. The summed E-state index contributed by atoms with van der Waals surface area (Å²) in [5, 5.41) is 20.0. The van der Waals surface area contributed by atoms with Crippen molar-refractivity contribution in [1.29, 1.82) is 0 Å². The molecule has 1 atom stereocenters. The van der Waals surface area contributed by atoms with E-state index in [4.69, 9.17) is 0 Å². The Morgan fingerprint density at radius 1 is 1.47 bits per heavy atom. The fourth-order valence-corrected chi connectivity index (χ4v) is 2.75. The second-order valence-electron chi connectivity index (χ2n) is 4.12. The zero-order chi connectivity index (χ0) is 14.6. The summed E-state index contributed by atoms with van der Waals surface area (Å²) in [7, 11) is -3.87. The number of benzene rings is 1. The van der Waals surface area contributed by atoms with Crippen molar-refractivity contribution in [3.8, 4) is 0 Å². The van der Waals surface area contributed by atoms with Gasteiger partial charge < -0.3 is 5.11 Å². The molecule has 0 aromatic heterocycles. The molecule has 0 aliphatic carbocycles. The van der Waals surface area contributed by atoms with Crippen LogP contribution in [0.3, 0.4) is 0 Å². The van der Waals surface area contributed by atoms with E-state index in [0.717, 1.165) is 6.07 Å². The number of aliphatic hydroxyl groups excluding tert-OH is 1. The number of sulfonamides is 1. The summed E-state index contributed by atoms with van der Waals surface area (Å²) in [6.45, 7) is 3.15. The quantitative estimate of drug-likeness (QED) is 0.598. The Kier molecular flexibility index (Phi) is 4.98. The largest absolute Gasteiger partial charge is 0.392 e. The molecule has 0 saturated heterocycles. The molecule has 0 saturated carbocycles. The number of rotatable bonds is 6. The summed E-state index contributed by atoms with van der Waals surface area (Å²) in [6.07, 6.45) is -0.370. The van der Waals surface area contributed by atoms with E-state index in [2.05, 4.69) is 4.72 Å². The summed E-state index contributed by atoms with van der Waals surface area (Å²) in [5.74, 6) is 0. The number of nitro benzene ring substituents is 1. The molecule has 0 bridgehead atoms. The minimum atomic E-state index is -3.87. The monoisotopic (exact) mass is 288 g/mol. The molecule has 8 heteroatoms. The van der Waals surface area contributed by atoms with Crippen LogP contribution < -0.4 is 4.72 Å². The first-order valence-electron chi connectivity index (χ1n) is 5.70. The molecule has 7 nitrogen and oxygen atoms in total. The average molecular weight is 288 g/mol. The van der Waals surface area contributed by atoms with Crippen LogP contribution in [0.5, 0.6) is 0 Å². The van der Waals surface area contributed by atoms with Gasteiger partial charge in [-0.3, -0.25) is 10.1 Å². The van der Waals surface area contributed by atoms with Crippen molar-refractivity contribution >= 4 is 15.7 Å². The summed E-state index contributed by atoms with van der Waals surface area (Å²) in [5.41, 5.74) is 0.117. The van der Waals surface area contributed by atoms with Crippen molar-refractivity contribution in [2.75, 3.05) is 6.54 Å². The topological polar surface area (TPSA) is 110 Å². The minimum absolute atomic E-state index is 0.124.